The van der Waals surface area contributed by atoms with Gasteiger partial charge in [0.25, 0.3) is 0 Å². The number of hydrogen-bond acceptors (Lipinski definition) is 2. The third-order valence-electron chi connectivity index (χ3n) is 3.41. The summed E-state index contributed by atoms with van der Waals surface area (Å²) in [4.78, 5) is 4.61. The summed E-state index contributed by atoms with van der Waals surface area (Å²) in [5.41, 5.74) is 4.90. The van der Waals surface area contributed by atoms with Crippen LogP contribution in [0.15, 0.2) is 48.7 Å². The van der Waals surface area contributed by atoms with Gasteiger partial charge >= 0.3 is 0 Å². The van der Waals surface area contributed by atoms with Gasteiger partial charge in [-0.15, -0.1) is 0 Å². The summed E-state index contributed by atoms with van der Waals surface area (Å²) in [5.74, 6) is 0. The van der Waals surface area contributed by atoms with E-state index < -0.39 is 0 Å². The lowest BCUT2D eigenvalue weighted by Gasteiger charge is -2.03. The van der Waals surface area contributed by atoms with Crippen molar-refractivity contribution in [2.45, 2.75) is 20.0 Å². The van der Waals surface area contributed by atoms with Crippen LogP contribution in [0.2, 0.25) is 0 Å². The van der Waals surface area contributed by atoms with Crippen molar-refractivity contribution in [3.8, 4) is 11.3 Å². The van der Waals surface area contributed by atoms with Crippen molar-refractivity contribution in [1.29, 1.82) is 0 Å². The maximum absolute atomic E-state index is 9.61. The standard InChI is InChI=1S/C16H16N2O/c1-2-12-6-8-13(9-7-12)16-14(11-19)18-10-4-3-5-15(18)17-16/h3-10,19H,2,11H2,1H3. The highest BCUT2D eigenvalue weighted by molar-refractivity contribution is 5.66. The molecule has 2 heterocycles. The number of nitrogens with zero attached hydrogens (tertiary/aromatic N) is 2. The van der Waals surface area contributed by atoms with Crippen LogP contribution in [0.1, 0.15) is 18.2 Å². The fraction of sp³-hybridized carbons (Fsp3) is 0.188. The van der Waals surface area contributed by atoms with Gasteiger partial charge in [-0.1, -0.05) is 37.3 Å². The minimum atomic E-state index is -0.0178. The van der Waals surface area contributed by atoms with Gasteiger partial charge in [0, 0.05) is 11.8 Å². The molecule has 1 N–H and O–H groups in total. The van der Waals surface area contributed by atoms with Crippen molar-refractivity contribution in [2.75, 3.05) is 0 Å². The largest absolute Gasteiger partial charge is 0.390 e. The SMILES string of the molecule is CCc1ccc(-c2nc3ccccn3c2CO)cc1. The van der Waals surface area contributed by atoms with E-state index in [-0.39, 0.29) is 6.61 Å². The maximum Gasteiger partial charge on any atom is 0.137 e. The van der Waals surface area contributed by atoms with Crippen LogP contribution in [-0.2, 0) is 13.0 Å². The van der Waals surface area contributed by atoms with Gasteiger partial charge in [-0.3, -0.25) is 0 Å². The minimum absolute atomic E-state index is 0.0178. The smallest absolute Gasteiger partial charge is 0.137 e. The molecule has 0 unspecified atom stereocenters. The van der Waals surface area contributed by atoms with Gasteiger partial charge in [0.1, 0.15) is 5.65 Å². The first-order valence-electron chi connectivity index (χ1n) is 6.49. The number of fused-ring (bicyclic) bond motifs is 1. The van der Waals surface area contributed by atoms with E-state index in [2.05, 4.69) is 36.2 Å². The van der Waals surface area contributed by atoms with Crippen molar-refractivity contribution in [3.63, 3.8) is 0 Å². The molecular weight excluding hydrogens is 236 g/mol. The molecule has 3 aromatic rings. The summed E-state index contributed by atoms with van der Waals surface area (Å²) in [5, 5.41) is 9.61. The fourth-order valence-corrected chi connectivity index (χ4v) is 2.33. The van der Waals surface area contributed by atoms with E-state index in [9.17, 15) is 5.11 Å². The van der Waals surface area contributed by atoms with Crippen molar-refractivity contribution in [2.24, 2.45) is 0 Å². The van der Waals surface area contributed by atoms with Crippen LogP contribution in [0.25, 0.3) is 16.9 Å². The average molecular weight is 252 g/mol. The quantitative estimate of drug-likeness (QED) is 0.778. The average Bonchev–Trinajstić information content (AvgIpc) is 2.85. The summed E-state index contributed by atoms with van der Waals surface area (Å²) in [6.07, 6.45) is 2.95. The van der Waals surface area contributed by atoms with Crippen LogP contribution in [-0.4, -0.2) is 14.5 Å². The number of aryl methyl sites for hydroxylation is 1. The Morgan fingerprint density at radius 3 is 2.58 bits per heavy atom. The molecule has 1 aromatic carbocycles. The van der Waals surface area contributed by atoms with Crippen LogP contribution in [0, 0.1) is 0 Å². The lowest BCUT2D eigenvalue weighted by molar-refractivity contribution is 0.276. The third kappa shape index (κ3) is 2.02. The van der Waals surface area contributed by atoms with Gasteiger partial charge in [0.05, 0.1) is 18.0 Å². The van der Waals surface area contributed by atoms with E-state index in [1.165, 1.54) is 5.56 Å². The van der Waals surface area contributed by atoms with Gasteiger partial charge in [0.2, 0.25) is 0 Å². The number of imidazole rings is 1. The van der Waals surface area contributed by atoms with Gasteiger partial charge in [-0.25, -0.2) is 4.98 Å². The third-order valence-corrected chi connectivity index (χ3v) is 3.41. The lowest BCUT2D eigenvalue weighted by atomic mass is 10.1. The molecule has 19 heavy (non-hydrogen) atoms. The summed E-state index contributed by atoms with van der Waals surface area (Å²) in [6, 6.07) is 14.2. The molecule has 0 aliphatic heterocycles. The number of rotatable bonds is 3. The Morgan fingerprint density at radius 1 is 1.11 bits per heavy atom. The molecule has 0 spiro atoms. The van der Waals surface area contributed by atoms with E-state index in [1.807, 2.05) is 28.8 Å². The molecule has 0 saturated carbocycles. The van der Waals surface area contributed by atoms with E-state index in [4.69, 9.17) is 0 Å². The topological polar surface area (TPSA) is 37.5 Å². The first kappa shape index (κ1) is 11.9. The zero-order valence-electron chi connectivity index (χ0n) is 10.9. The molecule has 3 rings (SSSR count). The number of aromatic nitrogens is 2. The molecule has 0 fully saturated rings. The minimum Gasteiger partial charge on any atom is -0.390 e. The zero-order valence-corrected chi connectivity index (χ0v) is 10.9. The molecule has 2 aromatic heterocycles. The molecule has 3 nitrogen and oxygen atoms in total. The van der Waals surface area contributed by atoms with Crippen molar-refractivity contribution in [1.82, 2.24) is 9.38 Å². The highest BCUT2D eigenvalue weighted by atomic mass is 16.3. The van der Waals surface area contributed by atoms with E-state index >= 15 is 0 Å². The number of benzene rings is 1. The Morgan fingerprint density at radius 2 is 1.89 bits per heavy atom. The number of aliphatic hydroxyl groups excluding tert-OH is 1. The van der Waals surface area contributed by atoms with Crippen molar-refractivity contribution in [3.05, 3.63) is 59.9 Å². The monoisotopic (exact) mass is 252 g/mol. The van der Waals surface area contributed by atoms with Crippen LogP contribution in [0.3, 0.4) is 0 Å². The van der Waals surface area contributed by atoms with Crippen LogP contribution in [0.5, 0.6) is 0 Å². The number of aliphatic hydroxyl groups is 1. The predicted molar refractivity (Wildman–Crippen MR) is 75.9 cm³/mol. The van der Waals surface area contributed by atoms with Crippen molar-refractivity contribution >= 4 is 5.65 Å². The summed E-state index contributed by atoms with van der Waals surface area (Å²) < 4.78 is 1.93. The summed E-state index contributed by atoms with van der Waals surface area (Å²) in [6.45, 7) is 2.12. The van der Waals surface area contributed by atoms with Crippen molar-refractivity contribution < 1.29 is 5.11 Å². The fourth-order valence-electron chi connectivity index (χ4n) is 2.33. The normalized spacial score (nSPS) is 11.1. The van der Waals surface area contributed by atoms with E-state index in [1.54, 1.807) is 0 Å². The van der Waals surface area contributed by atoms with Crippen LogP contribution in [0.4, 0.5) is 0 Å². The second-order valence-corrected chi connectivity index (χ2v) is 4.54. The molecule has 0 atom stereocenters. The molecular formula is C16H16N2O. The summed E-state index contributed by atoms with van der Waals surface area (Å²) >= 11 is 0. The molecule has 3 heteroatoms. The van der Waals surface area contributed by atoms with Gasteiger partial charge in [0.15, 0.2) is 0 Å². The molecule has 0 amide bonds. The predicted octanol–water partition coefficient (Wildman–Crippen LogP) is 3.06. The second-order valence-electron chi connectivity index (χ2n) is 4.54. The Bertz CT molecular complexity index is 698. The van der Waals surface area contributed by atoms with E-state index in [0.29, 0.717) is 0 Å². The van der Waals surface area contributed by atoms with Crippen LogP contribution >= 0.6 is 0 Å². The maximum atomic E-state index is 9.61. The first-order chi connectivity index (χ1) is 9.33. The molecule has 0 saturated heterocycles. The Hall–Kier alpha value is -2.13. The van der Waals surface area contributed by atoms with Gasteiger partial charge in [-0.2, -0.15) is 0 Å². The summed E-state index contributed by atoms with van der Waals surface area (Å²) in [7, 11) is 0. The molecule has 96 valence electrons. The molecule has 0 aliphatic rings. The number of pyridine rings is 1. The van der Waals surface area contributed by atoms with Gasteiger partial charge < -0.3 is 9.51 Å². The second kappa shape index (κ2) is 4.86. The van der Waals surface area contributed by atoms with Crippen LogP contribution < -0.4 is 0 Å². The number of hydrogen-bond donors (Lipinski definition) is 1. The highest BCUT2D eigenvalue weighted by Crippen LogP contribution is 2.24. The first-order valence-corrected chi connectivity index (χ1v) is 6.49. The lowest BCUT2D eigenvalue weighted by Crippen LogP contribution is -1.93. The zero-order chi connectivity index (χ0) is 13.2. The molecule has 0 radical (unpaired) electrons. The highest BCUT2D eigenvalue weighted by Gasteiger charge is 2.12. The molecule has 0 aliphatic carbocycles. The Kier molecular flexibility index (Phi) is 3.05. The molecule has 0 bridgehead atoms. The van der Waals surface area contributed by atoms with Gasteiger partial charge in [-0.05, 0) is 24.1 Å². The Balaban J connectivity index is 2.17. The Labute approximate surface area is 112 Å². The van der Waals surface area contributed by atoms with E-state index in [0.717, 1.165) is 29.0 Å².